The lowest BCUT2D eigenvalue weighted by atomic mass is 10.1. The van der Waals surface area contributed by atoms with E-state index < -0.39 is 5.91 Å². The number of hydrogen-bond acceptors (Lipinski definition) is 7. The molecule has 2 aromatic rings. The van der Waals surface area contributed by atoms with Crippen molar-refractivity contribution in [2.45, 2.75) is 20.5 Å². The summed E-state index contributed by atoms with van der Waals surface area (Å²) >= 11 is 3.55. The van der Waals surface area contributed by atoms with Gasteiger partial charge in [-0.25, -0.2) is 0 Å². The summed E-state index contributed by atoms with van der Waals surface area (Å²) in [4.78, 5) is 22.1. The molecule has 5 rings (SSSR count). The number of hydrogen-bond donors (Lipinski definition) is 1. The summed E-state index contributed by atoms with van der Waals surface area (Å²) in [5.74, 6) is 2.68. The molecule has 0 atom stereocenters. The Bertz CT molecular complexity index is 1300. The molecule has 0 fully saturated rings. The Morgan fingerprint density at radius 1 is 1.21 bits per heavy atom. The topological polar surface area (TPSA) is 103 Å². The number of halogens is 1. The van der Waals surface area contributed by atoms with Crippen molar-refractivity contribution in [3.05, 3.63) is 63.3 Å². The number of amides is 1. The first-order valence-corrected chi connectivity index (χ1v) is 11.3. The molecule has 10 heteroatoms. The number of amidine groups is 2. The minimum Gasteiger partial charge on any atom is -0.490 e. The lowest BCUT2D eigenvalue weighted by Crippen LogP contribution is -2.38. The molecule has 0 bridgehead atoms. The van der Waals surface area contributed by atoms with Crippen LogP contribution in [0.2, 0.25) is 0 Å². The van der Waals surface area contributed by atoms with E-state index in [2.05, 4.69) is 20.9 Å². The third-order valence-corrected chi connectivity index (χ3v) is 5.73. The molecule has 0 saturated heterocycles. The molecule has 0 radical (unpaired) electrons. The Morgan fingerprint density at radius 2 is 2.03 bits per heavy atom. The summed E-state index contributed by atoms with van der Waals surface area (Å²) in [6.45, 7) is 4.52. The van der Waals surface area contributed by atoms with Gasteiger partial charge in [0.2, 0.25) is 6.79 Å². The Hall–Kier alpha value is -3.79. The molecule has 0 spiro atoms. The number of hydroxylamine groups is 2. The largest absolute Gasteiger partial charge is 0.490 e. The van der Waals surface area contributed by atoms with Gasteiger partial charge in [0.25, 0.3) is 5.91 Å². The van der Waals surface area contributed by atoms with Crippen LogP contribution in [-0.2, 0) is 16.2 Å². The zero-order valence-electron chi connectivity index (χ0n) is 18.4. The van der Waals surface area contributed by atoms with Crippen LogP contribution in [-0.4, -0.2) is 36.0 Å². The lowest BCUT2D eigenvalue weighted by Gasteiger charge is -2.23. The number of rotatable bonds is 6. The van der Waals surface area contributed by atoms with E-state index in [4.69, 9.17) is 29.2 Å². The summed E-state index contributed by atoms with van der Waals surface area (Å²) < 4.78 is 23.3. The van der Waals surface area contributed by atoms with Gasteiger partial charge in [-0.3, -0.25) is 10.2 Å². The standard InChI is InChI=1S/C24H20BrN3O6/c1-3-30-20-10-15(7-16-23(26)28-21(27-24(16)29)6-13(2)34-28)8-17(25)22(20)31-11-14-4-5-18-19(9-14)33-12-32-18/h4-10,26H,3,11-12H2,1-2H3/b16-7+,26-23?. The van der Waals surface area contributed by atoms with Crippen molar-refractivity contribution < 1.29 is 28.6 Å². The number of ether oxygens (including phenoxy) is 4. The molecule has 3 aliphatic rings. The monoisotopic (exact) mass is 525 g/mol. The van der Waals surface area contributed by atoms with Crippen molar-refractivity contribution >= 4 is 39.6 Å². The Labute approximate surface area is 203 Å². The molecule has 0 aliphatic carbocycles. The molecule has 1 amide bonds. The van der Waals surface area contributed by atoms with Gasteiger partial charge in [-0.05, 0) is 71.2 Å². The van der Waals surface area contributed by atoms with Crippen molar-refractivity contribution in [1.82, 2.24) is 5.06 Å². The predicted octanol–water partition coefficient (Wildman–Crippen LogP) is 4.61. The maximum absolute atomic E-state index is 12.6. The van der Waals surface area contributed by atoms with E-state index in [1.807, 2.05) is 25.1 Å². The molecule has 0 aromatic heterocycles. The van der Waals surface area contributed by atoms with Crippen molar-refractivity contribution in [3.63, 3.8) is 0 Å². The smallest absolute Gasteiger partial charge is 0.282 e. The van der Waals surface area contributed by atoms with Crippen LogP contribution >= 0.6 is 15.9 Å². The maximum Gasteiger partial charge on any atom is 0.282 e. The van der Waals surface area contributed by atoms with Gasteiger partial charge in [0.15, 0.2) is 34.7 Å². The van der Waals surface area contributed by atoms with Gasteiger partial charge in [0.05, 0.1) is 16.7 Å². The number of nitrogens with zero attached hydrogens (tertiary/aromatic N) is 2. The van der Waals surface area contributed by atoms with E-state index in [1.54, 1.807) is 31.2 Å². The maximum atomic E-state index is 12.6. The second-order valence-electron chi connectivity index (χ2n) is 7.56. The van der Waals surface area contributed by atoms with Crippen LogP contribution in [0.5, 0.6) is 23.0 Å². The third kappa shape index (κ3) is 4.12. The molecule has 0 saturated carbocycles. The quantitative estimate of drug-likeness (QED) is 0.549. The number of nitrogens with one attached hydrogen (secondary N) is 1. The van der Waals surface area contributed by atoms with E-state index in [9.17, 15) is 4.79 Å². The Morgan fingerprint density at radius 3 is 2.85 bits per heavy atom. The molecule has 3 aliphatic heterocycles. The fraction of sp³-hybridized carbons (Fsp3) is 0.208. The van der Waals surface area contributed by atoms with Crippen LogP contribution in [0.4, 0.5) is 0 Å². The predicted molar refractivity (Wildman–Crippen MR) is 127 cm³/mol. The molecule has 1 N–H and O–H groups in total. The highest BCUT2D eigenvalue weighted by Crippen LogP contribution is 2.39. The zero-order chi connectivity index (χ0) is 23.8. The van der Waals surface area contributed by atoms with Crippen molar-refractivity contribution in [2.75, 3.05) is 13.4 Å². The number of allylic oxidation sites excluding steroid dienone is 1. The number of fused-ring (bicyclic) bond motifs is 2. The molecular formula is C24H20BrN3O6. The first kappa shape index (κ1) is 22.0. The van der Waals surface area contributed by atoms with Crippen LogP contribution in [0.3, 0.4) is 0 Å². The van der Waals surface area contributed by atoms with Crippen molar-refractivity contribution in [3.8, 4) is 23.0 Å². The van der Waals surface area contributed by atoms with Gasteiger partial charge in [0, 0.05) is 6.08 Å². The fourth-order valence-corrected chi connectivity index (χ4v) is 4.20. The van der Waals surface area contributed by atoms with Crippen molar-refractivity contribution in [2.24, 2.45) is 4.99 Å². The lowest BCUT2D eigenvalue weighted by molar-refractivity contribution is -0.114. The van der Waals surface area contributed by atoms with E-state index in [0.29, 0.717) is 51.2 Å². The fourth-order valence-electron chi connectivity index (χ4n) is 3.63. The average Bonchev–Trinajstić information content (AvgIpc) is 3.42. The van der Waals surface area contributed by atoms with Crippen molar-refractivity contribution in [1.29, 1.82) is 5.41 Å². The van der Waals surface area contributed by atoms with Gasteiger partial charge >= 0.3 is 0 Å². The minimum atomic E-state index is -0.511. The molecule has 34 heavy (non-hydrogen) atoms. The number of aliphatic imine (C=N–C) groups is 1. The van der Waals surface area contributed by atoms with E-state index in [1.165, 1.54) is 5.06 Å². The zero-order valence-corrected chi connectivity index (χ0v) is 20.0. The average molecular weight is 526 g/mol. The molecule has 174 valence electrons. The van der Waals surface area contributed by atoms with Crippen LogP contribution in [0.1, 0.15) is 25.0 Å². The summed E-state index contributed by atoms with van der Waals surface area (Å²) in [6.07, 6.45) is 3.19. The first-order chi connectivity index (χ1) is 16.4. The van der Waals surface area contributed by atoms with Crippen LogP contribution in [0.15, 0.2) is 57.2 Å². The normalized spacial score (nSPS) is 17.4. The molecular weight excluding hydrogens is 506 g/mol. The number of carbonyl (C=O) groups excluding carboxylic acids is 1. The van der Waals surface area contributed by atoms with Gasteiger partial charge in [-0.15, -0.1) is 5.06 Å². The van der Waals surface area contributed by atoms with Crippen LogP contribution in [0, 0.1) is 5.41 Å². The van der Waals surface area contributed by atoms with E-state index in [-0.39, 0.29) is 24.8 Å². The van der Waals surface area contributed by atoms with Gasteiger partial charge in [-0.1, -0.05) is 6.07 Å². The molecule has 3 heterocycles. The number of carbonyl (C=O) groups is 1. The highest BCUT2D eigenvalue weighted by Gasteiger charge is 2.34. The van der Waals surface area contributed by atoms with E-state index >= 15 is 0 Å². The second-order valence-corrected chi connectivity index (χ2v) is 8.42. The van der Waals surface area contributed by atoms with Gasteiger partial charge in [0.1, 0.15) is 12.4 Å². The highest BCUT2D eigenvalue weighted by atomic mass is 79.9. The summed E-state index contributed by atoms with van der Waals surface area (Å²) in [5, 5.41) is 9.62. The minimum absolute atomic E-state index is 0.0830. The van der Waals surface area contributed by atoms with Gasteiger partial charge < -0.3 is 23.8 Å². The number of benzene rings is 2. The summed E-state index contributed by atoms with van der Waals surface area (Å²) in [7, 11) is 0. The summed E-state index contributed by atoms with van der Waals surface area (Å²) in [6, 6.07) is 9.18. The highest BCUT2D eigenvalue weighted by molar-refractivity contribution is 9.10. The molecule has 0 unspecified atom stereocenters. The van der Waals surface area contributed by atoms with Gasteiger partial charge in [-0.2, -0.15) is 4.99 Å². The second kappa shape index (κ2) is 8.86. The first-order valence-electron chi connectivity index (χ1n) is 10.5. The van der Waals surface area contributed by atoms with E-state index in [0.717, 1.165) is 5.56 Å². The SMILES string of the molecule is CCOc1cc(/C=C2\C(=N)N3OC(C)=CC3=NC2=O)cc(Br)c1OCc1ccc2c(c1)OCO2. The third-order valence-electron chi connectivity index (χ3n) is 5.14. The summed E-state index contributed by atoms with van der Waals surface area (Å²) in [5.41, 5.74) is 1.66. The Kier molecular flexibility index (Phi) is 5.74. The molecule has 2 aromatic carbocycles. The van der Waals surface area contributed by atoms with Crippen LogP contribution < -0.4 is 18.9 Å². The molecule has 9 nitrogen and oxygen atoms in total. The van der Waals surface area contributed by atoms with Crippen LogP contribution in [0.25, 0.3) is 6.08 Å². The Balaban J connectivity index is 1.41.